The lowest BCUT2D eigenvalue weighted by Gasteiger charge is -2.35. The number of hydrogen-bond donors (Lipinski definition) is 2. The molecule has 2 N–H and O–H groups in total. The SMILES string of the molecule is CC(=O)Nc1cc(Nc2cc(N3CCOCC3C)cc(S(C)(=O)=O)n2)c(-c2ccc3c(n2)OC(C)(C)CO3)cn1. The molecule has 5 rings (SSSR count). The van der Waals surface area contributed by atoms with Crippen molar-refractivity contribution in [1.29, 1.82) is 0 Å². The summed E-state index contributed by atoms with van der Waals surface area (Å²) in [5.74, 6) is 1.21. The molecule has 13 heteroatoms. The van der Waals surface area contributed by atoms with Gasteiger partial charge >= 0.3 is 0 Å². The van der Waals surface area contributed by atoms with Crippen LogP contribution in [0.5, 0.6) is 11.6 Å². The third-order valence-corrected chi connectivity index (χ3v) is 7.36. The average molecular weight is 569 g/mol. The van der Waals surface area contributed by atoms with Crippen LogP contribution < -0.4 is 25.0 Å². The number of nitrogens with one attached hydrogen (secondary N) is 2. The van der Waals surface area contributed by atoms with Crippen LogP contribution >= 0.6 is 0 Å². The van der Waals surface area contributed by atoms with Crippen molar-refractivity contribution in [2.75, 3.05) is 48.2 Å². The zero-order chi connectivity index (χ0) is 28.7. The zero-order valence-corrected chi connectivity index (χ0v) is 23.8. The number of morpholine rings is 1. The molecule has 1 atom stereocenters. The maximum atomic E-state index is 12.6. The first-order chi connectivity index (χ1) is 18.9. The molecule has 40 heavy (non-hydrogen) atoms. The Bertz CT molecular complexity index is 1560. The molecule has 212 valence electrons. The van der Waals surface area contributed by atoms with Crippen molar-refractivity contribution in [1.82, 2.24) is 15.0 Å². The lowest BCUT2D eigenvalue weighted by atomic mass is 10.1. The van der Waals surface area contributed by atoms with Crippen LogP contribution in [0.4, 0.5) is 23.0 Å². The van der Waals surface area contributed by atoms with Crippen molar-refractivity contribution < 1.29 is 27.4 Å². The predicted molar refractivity (Wildman–Crippen MR) is 150 cm³/mol. The van der Waals surface area contributed by atoms with Crippen LogP contribution in [0.15, 0.2) is 41.6 Å². The standard InChI is InChI=1S/C27H32N6O6S/c1-16-14-37-9-8-33(16)18-10-24(32-25(11-18)40(5,35)36)30-21-12-23(29-17(2)34)28-13-19(21)20-6-7-22-26(31-20)39-27(3,4)15-38-22/h6-7,10-13,16H,8-9,14-15H2,1-5H3,(H2,28,29,30,32,34). The third kappa shape index (κ3) is 6.10. The molecule has 3 aromatic rings. The van der Waals surface area contributed by atoms with Gasteiger partial charge in [0.1, 0.15) is 23.8 Å². The van der Waals surface area contributed by atoms with Gasteiger partial charge in [0.25, 0.3) is 5.88 Å². The van der Waals surface area contributed by atoms with Crippen LogP contribution in [0.3, 0.4) is 0 Å². The molecule has 3 aromatic heterocycles. The van der Waals surface area contributed by atoms with Gasteiger partial charge < -0.3 is 29.7 Å². The zero-order valence-electron chi connectivity index (χ0n) is 23.0. The largest absolute Gasteiger partial charge is 0.484 e. The number of hydrogen-bond acceptors (Lipinski definition) is 11. The van der Waals surface area contributed by atoms with Gasteiger partial charge in [-0.05, 0) is 39.0 Å². The van der Waals surface area contributed by atoms with Crippen LogP contribution in [0.1, 0.15) is 27.7 Å². The van der Waals surface area contributed by atoms with Crippen molar-refractivity contribution in [3.8, 4) is 22.9 Å². The molecule has 1 saturated heterocycles. The second-order valence-corrected chi connectivity index (χ2v) is 12.5. The van der Waals surface area contributed by atoms with Crippen molar-refractivity contribution in [3.63, 3.8) is 0 Å². The molecule has 0 saturated carbocycles. The fourth-order valence-corrected chi connectivity index (χ4v) is 5.07. The van der Waals surface area contributed by atoms with Crippen molar-refractivity contribution >= 4 is 38.8 Å². The molecule has 1 amide bonds. The van der Waals surface area contributed by atoms with E-state index >= 15 is 0 Å². The fourth-order valence-electron chi connectivity index (χ4n) is 4.48. The molecule has 5 heterocycles. The molecular weight excluding hydrogens is 536 g/mol. The summed E-state index contributed by atoms with van der Waals surface area (Å²) in [6, 6.07) is 8.61. The Morgan fingerprint density at radius 3 is 2.67 bits per heavy atom. The normalized spacial score (nSPS) is 18.2. The quantitative estimate of drug-likeness (QED) is 0.451. The molecule has 1 fully saturated rings. The molecule has 2 aliphatic rings. The number of ether oxygens (including phenoxy) is 3. The molecular formula is C27H32N6O6S. The summed E-state index contributed by atoms with van der Waals surface area (Å²) in [6.45, 7) is 9.29. The lowest BCUT2D eigenvalue weighted by molar-refractivity contribution is -0.114. The lowest BCUT2D eigenvalue weighted by Crippen LogP contribution is -2.43. The summed E-state index contributed by atoms with van der Waals surface area (Å²) in [5, 5.41) is 5.87. The van der Waals surface area contributed by atoms with E-state index in [4.69, 9.17) is 14.2 Å². The van der Waals surface area contributed by atoms with Gasteiger partial charge in [-0.2, -0.15) is 0 Å². The number of sulfone groups is 1. The summed E-state index contributed by atoms with van der Waals surface area (Å²) in [5.41, 5.74) is 1.77. The number of amides is 1. The topological polar surface area (TPSA) is 145 Å². The molecule has 12 nitrogen and oxygen atoms in total. The van der Waals surface area contributed by atoms with E-state index in [1.54, 1.807) is 36.5 Å². The van der Waals surface area contributed by atoms with E-state index in [1.807, 2.05) is 20.8 Å². The van der Waals surface area contributed by atoms with Crippen molar-refractivity contribution in [3.05, 3.63) is 36.5 Å². The van der Waals surface area contributed by atoms with Crippen LogP contribution in [0.2, 0.25) is 0 Å². The summed E-state index contributed by atoms with van der Waals surface area (Å²) < 4.78 is 42.5. The Labute approximate surface area is 233 Å². The van der Waals surface area contributed by atoms with E-state index in [0.29, 0.717) is 72.3 Å². The van der Waals surface area contributed by atoms with E-state index in [9.17, 15) is 13.2 Å². The summed E-state index contributed by atoms with van der Waals surface area (Å²) in [7, 11) is -3.63. The first kappa shape index (κ1) is 27.6. The minimum atomic E-state index is -3.63. The molecule has 2 aliphatic heterocycles. The Balaban J connectivity index is 1.59. The van der Waals surface area contributed by atoms with Gasteiger partial charge in [0.2, 0.25) is 5.91 Å². The van der Waals surface area contributed by atoms with Gasteiger partial charge in [0.15, 0.2) is 20.6 Å². The minimum absolute atomic E-state index is 0.0467. The molecule has 0 aromatic carbocycles. The third-order valence-electron chi connectivity index (χ3n) is 6.39. The number of fused-ring (bicyclic) bond motifs is 1. The minimum Gasteiger partial charge on any atom is -0.484 e. The number of rotatable bonds is 6. The Kier molecular flexibility index (Phi) is 7.27. The summed E-state index contributed by atoms with van der Waals surface area (Å²) in [6.07, 6.45) is 2.70. The Morgan fingerprint density at radius 2 is 1.95 bits per heavy atom. The van der Waals surface area contributed by atoms with Crippen molar-refractivity contribution in [2.45, 2.75) is 44.4 Å². The highest BCUT2D eigenvalue weighted by molar-refractivity contribution is 7.90. The van der Waals surface area contributed by atoms with E-state index in [2.05, 4.69) is 30.5 Å². The molecule has 1 unspecified atom stereocenters. The Hall–Kier alpha value is -3.97. The van der Waals surface area contributed by atoms with Crippen molar-refractivity contribution in [2.24, 2.45) is 0 Å². The van der Waals surface area contributed by atoms with E-state index in [1.165, 1.54) is 6.92 Å². The summed E-state index contributed by atoms with van der Waals surface area (Å²) in [4.78, 5) is 27.3. The van der Waals surface area contributed by atoms with Crippen LogP contribution in [0, 0.1) is 0 Å². The maximum Gasteiger partial charge on any atom is 0.258 e. The van der Waals surface area contributed by atoms with E-state index in [-0.39, 0.29) is 17.0 Å². The average Bonchev–Trinajstić information content (AvgIpc) is 2.87. The number of nitrogens with zero attached hydrogens (tertiary/aromatic N) is 4. The first-order valence-electron chi connectivity index (χ1n) is 12.8. The number of aromatic nitrogens is 3. The summed E-state index contributed by atoms with van der Waals surface area (Å²) >= 11 is 0. The van der Waals surface area contributed by atoms with Gasteiger partial charge in [0, 0.05) is 55.3 Å². The van der Waals surface area contributed by atoms with E-state index < -0.39 is 15.4 Å². The van der Waals surface area contributed by atoms with Gasteiger partial charge in [-0.3, -0.25) is 4.79 Å². The Morgan fingerprint density at radius 1 is 1.15 bits per heavy atom. The number of carbonyl (C=O) groups is 1. The molecule has 0 aliphatic carbocycles. The highest BCUT2D eigenvalue weighted by Gasteiger charge is 2.30. The monoisotopic (exact) mass is 568 g/mol. The van der Waals surface area contributed by atoms with E-state index in [0.717, 1.165) is 6.26 Å². The smallest absolute Gasteiger partial charge is 0.258 e. The predicted octanol–water partition coefficient (Wildman–Crippen LogP) is 3.42. The fraction of sp³-hybridized carbons (Fsp3) is 0.407. The maximum absolute atomic E-state index is 12.6. The number of carbonyl (C=O) groups excluding carboxylic acids is 1. The molecule has 0 radical (unpaired) electrons. The first-order valence-corrected chi connectivity index (χ1v) is 14.7. The van der Waals surface area contributed by atoms with Gasteiger partial charge in [-0.25, -0.2) is 23.4 Å². The highest BCUT2D eigenvalue weighted by atomic mass is 32.2. The number of pyridine rings is 3. The second-order valence-electron chi connectivity index (χ2n) is 10.5. The van der Waals surface area contributed by atoms with Gasteiger partial charge in [0.05, 0.1) is 24.6 Å². The van der Waals surface area contributed by atoms with Crippen LogP contribution in [-0.4, -0.2) is 73.5 Å². The van der Waals surface area contributed by atoms with Crippen LogP contribution in [-0.2, 0) is 19.4 Å². The second kappa shape index (κ2) is 10.5. The van der Waals surface area contributed by atoms with Crippen LogP contribution in [0.25, 0.3) is 11.3 Å². The number of anilines is 4. The molecule has 0 spiro atoms. The molecule has 0 bridgehead atoms. The van der Waals surface area contributed by atoms with Gasteiger partial charge in [-0.15, -0.1) is 0 Å². The highest BCUT2D eigenvalue weighted by Crippen LogP contribution is 2.38. The van der Waals surface area contributed by atoms with Gasteiger partial charge in [-0.1, -0.05) is 0 Å².